The van der Waals surface area contributed by atoms with Gasteiger partial charge in [0.1, 0.15) is 5.82 Å². The molecule has 0 unspecified atom stereocenters. The van der Waals surface area contributed by atoms with Crippen LogP contribution in [-0.4, -0.2) is 15.0 Å². The summed E-state index contributed by atoms with van der Waals surface area (Å²) in [5.41, 5.74) is 5.47. The first kappa shape index (κ1) is 17.9. The van der Waals surface area contributed by atoms with Crippen LogP contribution in [0.5, 0.6) is 0 Å². The lowest BCUT2D eigenvalue weighted by Gasteiger charge is -2.17. The second kappa shape index (κ2) is 7.95. The molecule has 2 heterocycles. The Labute approximate surface area is 154 Å². The van der Waals surface area contributed by atoms with Gasteiger partial charge in [-0.3, -0.25) is 4.98 Å². The first-order valence-corrected chi connectivity index (χ1v) is 8.89. The van der Waals surface area contributed by atoms with Crippen LogP contribution in [0.25, 0.3) is 0 Å². The van der Waals surface area contributed by atoms with Gasteiger partial charge in [0.15, 0.2) is 0 Å². The van der Waals surface area contributed by atoms with Gasteiger partial charge in [-0.05, 0) is 43.0 Å². The molecule has 5 nitrogen and oxygen atoms in total. The number of nitrogens with zero attached hydrogens (tertiary/aromatic N) is 3. The number of aryl methyl sites for hydroxylation is 2. The molecule has 5 heteroatoms. The fourth-order valence-electron chi connectivity index (χ4n) is 2.85. The molecule has 0 aliphatic heterocycles. The summed E-state index contributed by atoms with van der Waals surface area (Å²) >= 11 is 0. The van der Waals surface area contributed by atoms with Gasteiger partial charge in [-0.15, -0.1) is 0 Å². The summed E-state index contributed by atoms with van der Waals surface area (Å²) in [6.07, 6.45) is 1.78. The molecule has 0 spiro atoms. The van der Waals surface area contributed by atoms with Crippen molar-refractivity contribution in [1.29, 1.82) is 0 Å². The molecule has 134 valence electrons. The Kier molecular flexibility index (Phi) is 5.46. The van der Waals surface area contributed by atoms with E-state index in [0.717, 1.165) is 22.9 Å². The molecule has 2 aromatic heterocycles. The lowest BCUT2D eigenvalue weighted by Crippen LogP contribution is -2.08. The predicted octanol–water partition coefficient (Wildman–Crippen LogP) is 4.97. The Morgan fingerprint density at radius 2 is 1.85 bits per heavy atom. The summed E-state index contributed by atoms with van der Waals surface area (Å²) in [5.74, 6) is 1.82. The third-order valence-corrected chi connectivity index (χ3v) is 4.19. The SMILES string of the molecule is Cc1cc(Nc2c(C)cccc2C(C)C)nc(NCc2ccccn2)n1. The molecular formula is C21H25N5. The molecule has 0 fully saturated rings. The third-order valence-electron chi connectivity index (χ3n) is 4.19. The lowest BCUT2D eigenvalue weighted by molar-refractivity contribution is 0.867. The maximum atomic E-state index is 4.62. The van der Waals surface area contributed by atoms with Crippen LogP contribution in [0.2, 0.25) is 0 Å². The average Bonchev–Trinajstić information content (AvgIpc) is 2.62. The molecule has 0 bridgehead atoms. The van der Waals surface area contributed by atoms with E-state index >= 15 is 0 Å². The molecule has 0 radical (unpaired) electrons. The van der Waals surface area contributed by atoms with Gasteiger partial charge in [-0.1, -0.05) is 38.1 Å². The largest absolute Gasteiger partial charge is 0.349 e. The first-order chi connectivity index (χ1) is 12.5. The number of pyridine rings is 1. The number of benzene rings is 1. The molecular weight excluding hydrogens is 322 g/mol. The van der Waals surface area contributed by atoms with Crippen molar-refractivity contribution in [3.8, 4) is 0 Å². The number of rotatable bonds is 6. The van der Waals surface area contributed by atoms with Crippen LogP contribution in [0, 0.1) is 13.8 Å². The Morgan fingerprint density at radius 1 is 1.00 bits per heavy atom. The van der Waals surface area contributed by atoms with Gasteiger partial charge in [0.2, 0.25) is 5.95 Å². The number of anilines is 3. The molecule has 0 atom stereocenters. The van der Waals surface area contributed by atoms with E-state index in [1.807, 2.05) is 31.2 Å². The molecule has 2 N–H and O–H groups in total. The minimum absolute atomic E-state index is 0.432. The first-order valence-electron chi connectivity index (χ1n) is 8.89. The van der Waals surface area contributed by atoms with Crippen LogP contribution < -0.4 is 10.6 Å². The summed E-state index contributed by atoms with van der Waals surface area (Å²) in [4.78, 5) is 13.4. The van der Waals surface area contributed by atoms with Crippen molar-refractivity contribution in [2.45, 2.75) is 40.2 Å². The minimum Gasteiger partial charge on any atom is -0.349 e. The number of aromatic nitrogens is 3. The van der Waals surface area contributed by atoms with E-state index < -0.39 is 0 Å². The van der Waals surface area contributed by atoms with Crippen LogP contribution in [-0.2, 0) is 6.54 Å². The maximum absolute atomic E-state index is 4.62. The van der Waals surface area contributed by atoms with E-state index in [-0.39, 0.29) is 0 Å². The fraction of sp³-hybridized carbons (Fsp3) is 0.286. The molecule has 3 aromatic rings. The Bertz CT molecular complexity index is 875. The lowest BCUT2D eigenvalue weighted by atomic mass is 9.98. The number of para-hydroxylation sites is 1. The van der Waals surface area contributed by atoms with Gasteiger partial charge in [-0.2, -0.15) is 4.98 Å². The number of hydrogen-bond donors (Lipinski definition) is 2. The predicted molar refractivity (Wildman–Crippen MR) is 107 cm³/mol. The molecule has 0 aliphatic rings. The van der Waals surface area contributed by atoms with Crippen molar-refractivity contribution in [3.05, 3.63) is 71.2 Å². The summed E-state index contributed by atoms with van der Waals surface area (Å²) in [7, 11) is 0. The Hall–Kier alpha value is -2.95. The average molecular weight is 347 g/mol. The normalized spacial score (nSPS) is 10.8. The fourth-order valence-corrected chi connectivity index (χ4v) is 2.85. The quantitative estimate of drug-likeness (QED) is 0.659. The monoisotopic (exact) mass is 347 g/mol. The van der Waals surface area contributed by atoms with E-state index in [0.29, 0.717) is 18.4 Å². The zero-order chi connectivity index (χ0) is 18.5. The van der Waals surface area contributed by atoms with Gasteiger partial charge in [0, 0.05) is 23.6 Å². The summed E-state index contributed by atoms with van der Waals surface area (Å²) in [5, 5.41) is 6.75. The molecule has 0 saturated heterocycles. The number of hydrogen-bond acceptors (Lipinski definition) is 5. The molecule has 26 heavy (non-hydrogen) atoms. The third kappa shape index (κ3) is 4.36. The van der Waals surface area contributed by atoms with Gasteiger partial charge in [0.25, 0.3) is 0 Å². The van der Waals surface area contributed by atoms with E-state index in [9.17, 15) is 0 Å². The van der Waals surface area contributed by atoms with E-state index in [4.69, 9.17) is 0 Å². The highest BCUT2D eigenvalue weighted by atomic mass is 15.1. The van der Waals surface area contributed by atoms with E-state index in [1.54, 1.807) is 6.20 Å². The van der Waals surface area contributed by atoms with Gasteiger partial charge < -0.3 is 10.6 Å². The smallest absolute Gasteiger partial charge is 0.225 e. The molecule has 0 saturated carbocycles. The van der Waals surface area contributed by atoms with Gasteiger partial charge >= 0.3 is 0 Å². The second-order valence-electron chi connectivity index (χ2n) is 6.71. The van der Waals surface area contributed by atoms with Crippen molar-refractivity contribution in [2.24, 2.45) is 0 Å². The van der Waals surface area contributed by atoms with Crippen LogP contribution in [0.3, 0.4) is 0 Å². The van der Waals surface area contributed by atoms with Gasteiger partial charge in [-0.25, -0.2) is 4.98 Å². The molecule has 1 aromatic carbocycles. The Morgan fingerprint density at radius 3 is 2.58 bits per heavy atom. The summed E-state index contributed by atoms with van der Waals surface area (Å²) in [6, 6.07) is 14.2. The topological polar surface area (TPSA) is 62.7 Å². The highest BCUT2D eigenvalue weighted by molar-refractivity contribution is 5.66. The van der Waals surface area contributed by atoms with Crippen LogP contribution in [0.1, 0.15) is 42.3 Å². The van der Waals surface area contributed by atoms with E-state index in [1.165, 1.54) is 11.1 Å². The molecule has 3 rings (SSSR count). The van der Waals surface area contributed by atoms with Crippen molar-refractivity contribution >= 4 is 17.5 Å². The van der Waals surface area contributed by atoms with Gasteiger partial charge in [0.05, 0.1) is 12.2 Å². The second-order valence-corrected chi connectivity index (χ2v) is 6.71. The minimum atomic E-state index is 0.432. The van der Waals surface area contributed by atoms with Crippen molar-refractivity contribution in [3.63, 3.8) is 0 Å². The van der Waals surface area contributed by atoms with Crippen molar-refractivity contribution in [2.75, 3.05) is 10.6 Å². The van der Waals surface area contributed by atoms with Crippen molar-refractivity contribution in [1.82, 2.24) is 15.0 Å². The standard InChI is InChI=1S/C21H25N5/c1-14(2)18-10-7-8-15(3)20(18)25-19-12-16(4)24-21(26-19)23-13-17-9-5-6-11-22-17/h5-12,14H,13H2,1-4H3,(H2,23,24,25,26). The zero-order valence-electron chi connectivity index (χ0n) is 15.7. The molecule has 0 aliphatic carbocycles. The van der Waals surface area contributed by atoms with Crippen LogP contribution in [0.15, 0.2) is 48.7 Å². The summed E-state index contributed by atoms with van der Waals surface area (Å²) < 4.78 is 0. The van der Waals surface area contributed by atoms with Crippen molar-refractivity contribution < 1.29 is 0 Å². The van der Waals surface area contributed by atoms with Crippen LogP contribution in [0.4, 0.5) is 17.5 Å². The zero-order valence-corrected chi connectivity index (χ0v) is 15.7. The highest BCUT2D eigenvalue weighted by Gasteiger charge is 2.11. The number of nitrogens with one attached hydrogen (secondary N) is 2. The highest BCUT2D eigenvalue weighted by Crippen LogP contribution is 2.30. The van der Waals surface area contributed by atoms with E-state index in [2.05, 4.69) is 64.6 Å². The van der Waals surface area contributed by atoms with Crippen LogP contribution >= 0.6 is 0 Å². The molecule has 0 amide bonds. The summed E-state index contributed by atoms with van der Waals surface area (Å²) in [6.45, 7) is 9.07. The Balaban J connectivity index is 1.82. The maximum Gasteiger partial charge on any atom is 0.225 e.